The molecule has 0 N–H and O–H groups in total. The first-order valence-corrected chi connectivity index (χ1v) is 9.67. The van der Waals surface area contributed by atoms with Crippen LogP contribution >= 0.6 is 0 Å². The van der Waals surface area contributed by atoms with Gasteiger partial charge in [0.25, 0.3) is 5.56 Å². The lowest BCUT2D eigenvalue weighted by Crippen LogP contribution is -2.35. The molecular formula is C25H23N3O. The standard InChI is InChI=1S/C25H23N3O/c1-19-24(22-14-8-4-9-15-22)25(29)26-20(2)28(19)27(23-16-10-5-11-17-23)18-21-12-6-3-7-13-21/h3-17H,18H2,1-2H3. The van der Waals surface area contributed by atoms with Crippen molar-refractivity contribution in [2.24, 2.45) is 0 Å². The van der Waals surface area contributed by atoms with Crippen molar-refractivity contribution in [3.05, 3.63) is 118 Å². The Balaban J connectivity index is 1.92. The van der Waals surface area contributed by atoms with Crippen LogP contribution in [0.3, 0.4) is 0 Å². The van der Waals surface area contributed by atoms with Crippen LogP contribution in [0.2, 0.25) is 0 Å². The van der Waals surface area contributed by atoms with Crippen molar-refractivity contribution in [3.8, 4) is 11.1 Å². The van der Waals surface area contributed by atoms with E-state index < -0.39 is 0 Å². The van der Waals surface area contributed by atoms with Crippen LogP contribution in [0.15, 0.2) is 95.8 Å². The lowest BCUT2D eigenvalue weighted by molar-refractivity contribution is 0.626. The minimum atomic E-state index is -0.199. The second-order valence-corrected chi connectivity index (χ2v) is 6.98. The van der Waals surface area contributed by atoms with Crippen molar-refractivity contribution in [2.75, 3.05) is 5.01 Å². The molecule has 1 heterocycles. The van der Waals surface area contributed by atoms with Crippen LogP contribution in [0, 0.1) is 13.8 Å². The summed E-state index contributed by atoms with van der Waals surface area (Å²) >= 11 is 0. The highest BCUT2D eigenvalue weighted by molar-refractivity contribution is 5.65. The molecule has 0 aliphatic heterocycles. The molecule has 0 aliphatic rings. The molecule has 4 nitrogen and oxygen atoms in total. The quantitative estimate of drug-likeness (QED) is 0.488. The maximum absolute atomic E-state index is 12.8. The minimum absolute atomic E-state index is 0.199. The molecule has 0 radical (unpaired) electrons. The molecule has 0 saturated heterocycles. The lowest BCUT2D eigenvalue weighted by Gasteiger charge is -2.31. The third kappa shape index (κ3) is 3.83. The molecule has 1 aromatic heterocycles. The largest absolute Gasteiger partial charge is 0.281 e. The monoisotopic (exact) mass is 381 g/mol. The zero-order valence-corrected chi connectivity index (χ0v) is 16.6. The van der Waals surface area contributed by atoms with Gasteiger partial charge in [0.1, 0.15) is 5.82 Å². The van der Waals surface area contributed by atoms with Crippen LogP contribution in [0.1, 0.15) is 17.1 Å². The number of aryl methyl sites for hydroxylation is 1. The van der Waals surface area contributed by atoms with E-state index in [0.717, 1.165) is 16.9 Å². The van der Waals surface area contributed by atoms with E-state index in [1.165, 1.54) is 5.56 Å². The molecule has 0 fully saturated rings. The van der Waals surface area contributed by atoms with Crippen LogP contribution in [-0.2, 0) is 6.54 Å². The zero-order valence-electron chi connectivity index (χ0n) is 16.6. The van der Waals surface area contributed by atoms with Gasteiger partial charge >= 0.3 is 0 Å². The summed E-state index contributed by atoms with van der Waals surface area (Å²) < 4.78 is 2.05. The third-order valence-corrected chi connectivity index (χ3v) is 5.00. The molecular weight excluding hydrogens is 358 g/mol. The van der Waals surface area contributed by atoms with Gasteiger partial charge in [-0.05, 0) is 37.1 Å². The van der Waals surface area contributed by atoms with Crippen LogP contribution in [0.5, 0.6) is 0 Å². The Hall–Kier alpha value is -3.66. The van der Waals surface area contributed by atoms with Gasteiger partial charge in [0.15, 0.2) is 0 Å². The zero-order chi connectivity index (χ0) is 20.2. The fraction of sp³-hybridized carbons (Fsp3) is 0.120. The Kier molecular flexibility index (Phi) is 5.25. The Morgan fingerprint density at radius 1 is 0.793 bits per heavy atom. The fourth-order valence-corrected chi connectivity index (χ4v) is 3.68. The van der Waals surface area contributed by atoms with Gasteiger partial charge in [-0.1, -0.05) is 78.9 Å². The van der Waals surface area contributed by atoms with Crippen LogP contribution < -0.4 is 10.6 Å². The number of para-hydroxylation sites is 1. The van der Waals surface area contributed by atoms with E-state index in [-0.39, 0.29) is 5.56 Å². The number of anilines is 1. The normalized spacial score (nSPS) is 10.7. The highest BCUT2D eigenvalue weighted by atomic mass is 16.1. The fourth-order valence-electron chi connectivity index (χ4n) is 3.68. The number of nitrogens with zero attached hydrogens (tertiary/aromatic N) is 3. The average molecular weight is 381 g/mol. The van der Waals surface area contributed by atoms with Crippen molar-refractivity contribution in [2.45, 2.75) is 20.4 Å². The van der Waals surface area contributed by atoms with Crippen LogP contribution in [0.4, 0.5) is 5.69 Å². The van der Waals surface area contributed by atoms with Crippen LogP contribution in [-0.4, -0.2) is 9.66 Å². The second kappa shape index (κ2) is 8.15. The van der Waals surface area contributed by atoms with Gasteiger partial charge < -0.3 is 0 Å². The van der Waals surface area contributed by atoms with E-state index in [4.69, 9.17) is 0 Å². The van der Waals surface area contributed by atoms with E-state index in [2.05, 4.69) is 34.3 Å². The van der Waals surface area contributed by atoms with Crippen molar-refractivity contribution in [1.29, 1.82) is 0 Å². The summed E-state index contributed by atoms with van der Waals surface area (Å²) in [6.07, 6.45) is 0. The number of aromatic nitrogens is 2. The summed E-state index contributed by atoms with van der Waals surface area (Å²) in [7, 11) is 0. The molecule has 4 aromatic rings. The summed E-state index contributed by atoms with van der Waals surface area (Å²) in [6, 6.07) is 30.2. The molecule has 3 aromatic carbocycles. The number of hydrogen-bond donors (Lipinski definition) is 0. The molecule has 0 amide bonds. The predicted octanol–water partition coefficient (Wildman–Crippen LogP) is 5.00. The highest BCUT2D eigenvalue weighted by Crippen LogP contribution is 2.24. The molecule has 0 aliphatic carbocycles. The summed E-state index contributed by atoms with van der Waals surface area (Å²) in [5.74, 6) is 0.659. The molecule has 0 spiro atoms. The molecule has 0 bridgehead atoms. The Morgan fingerprint density at radius 3 is 1.97 bits per heavy atom. The van der Waals surface area contributed by atoms with Crippen molar-refractivity contribution < 1.29 is 0 Å². The summed E-state index contributed by atoms with van der Waals surface area (Å²) in [5, 5.41) is 2.17. The summed E-state index contributed by atoms with van der Waals surface area (Å²) in [5.41, 5.74) is 4.39. The molecule has 0 atom stereocenters. The maximum atomic E-state index is 12.8. The smallest absolute Gasteiger partial charge is 0.276 e. The molecule has 4 heteroatoms. The topological polar surface area (TPSA) is 38.1 Å². The van der Waals surface area contributed by atoms with Gasteiger partial charge in [0.2, 0.25) is 0 Å². The van der Waals surface area contributed by atoms with Crippen LogP contribution in [0.25, 0.3) is 11.1 Å². The first-order chi connectivity index (χ1) is 14.1. The van der Waals surface area contributed by atoms with E-state index in [1.807, 2.05) is 85.3 Å². The van der Waals surface area contributed by atoms with Gasteiger partial charge in [-0.3, -0.25) is 9.80 Å². The summed E-state index contributed by atoms with van der Waals surface area (Å²) in [4.78, 5) is 17.2. The second-order valence-electron chi connectivity index (χ2n) is 6.98. The first-order valence-electron chi connectivity index (χ1n) is 9.67. The lowest BCUT2D eigenvalue weighted by atomic mass is 10.1. The van der Waals surface area contributed by atoms with Gasteiger partial charge in [0.05, 0.1) is 23.5 Å². The Labute approximate surface area is 170 Å². The summed E-state index contributed by atoms with van der Waals surface area (Å²) in [6.45, 7) is 4.52. The van der Waals surface area contributed by atoms with E-state index in [1.54, 1.807) is 0 Å². The van der Waals surface area contributed by atoms with E-state index >= 15 is 0 Å². The Morgan fingerprint density at radius 2 is 1.34 bits per heavy atom. The minimum Gasteiger partial charge on any atom is -0.276 e. The number of benzene rings is 3. The molecule has 144 valence electrons. The third-order valence-electron chi connectivity index (χ3n) is 5.00. The van der Waals surface area contributed by atoms with Gasteiger partial charge in [-0.15, -0.1) is 0 Å². The van der Waals surface area contributed by atoms with E-state index in [9.17, 15) is 4.79 Å². The van der Waals surface area contributed by atoms with Crippen molar-refractivity contribution in [1.82, 2.24) is 9.66 Å². The molecule has 4 rings (SSSR count). The van der Waals surface area contributed by atoms with Gasteiger partial charge in [-0.25, -0.2) is 4.68 Å². The number of rotatable bonds is 5. The van der Waals surface area contributed by atoms with E-state index in [0.29, 0.717) is 17.9 Å². The van der Waals surface area contributed by atoms with Crippen molar-refractivity contribution >= 4 is 5.69 Å². The predicted molar refractivity (Wildman–Crippen MR) is 118 cm³/mol. The van der Waals surface area contributed by atoms with Gasteiger partial charge in [0, 0.05) is 0 Å². The molecule has 0 saturated carbocycles. The first kappa shape index (κ1) is 18.7. The Bertz CT molecular complexity index is 1150. The number of hydrogen-bond acceptors (Lipinski definition) is 3. The average Bonchev–Trinajstić information content (AvgIpc) is 2.75. The van der Waals surface area contributed by atoms with Crippen molar-refractivity contribution in [3.63, 3.8) is 0 Å². The molecule has 0 unspecified atom stereocenters. The SMILES string of the molecule is Cc1nc(=O)c(-c2ccccc2)c(C)n1N(Cc1ccccc1)c1ccccc1. The maximum Gasteiger partial charge on any atom is 0.281 e. The van der Waals surface area contributed by atoms with Gasteiger partial charge in [-0.2, -0.15) is 4.98 Å². The highest BCUT2D eigenvalue weighted by Gasteiger charge is 2.19. The molecule has 29 heavy (non-hydrogen) atoms.